The van der Waals surface area contributed by atoms with Crippen molar-refractivity contribution in [3.63, 3.8) is 0 Å². The van der Waals surface area contributed by atoms with E-state index in [9.17, 15) is 5.26 Å². The van der Waals surface area contributed by atoms with Gasteiger partial charge in [0.15, 0.2) is 0 Å². The predicted molar refractivity (Wildman–Crippen MR) is 94.0 cm³/mol. The first kappa shape index (κ1) is 14.5. The largest absolute Gasteiger partial charge is 0.241 e. The highest BCUT2D eigenvalue weighted by Crippen LogP contribution is 2.34. The number of nitrogens with zero attached hydrogens (tertiary/aromatic N) is 2. The Labute approximate surface area is 134 Å². The molecule has 0 N–H and O–H groups in total. The molecular formula is C19H16N2S. The first-order valence-electron chi connectivity index (χ1n) is 7.08. The maximum atomic E-state index is 9.46. The predicted octanol–water partition coefficient (Wildman–Crippen LogP) is 5.48. The maximum Gasteiger partial charge on any atom is 0.124 e. The molecule has 0 aliphatic heterocycles. The van der Waals surface area contributed by atoms with Crippen molar-refractivity contribution in [2.75, 3.05) is 0 Å². The number of benzene rings is 2. The SMILES string of the molecule is C=C(C)c1sc(-c2cc(C#N)c3cc(C)ccc3c2)nc1C. The van der Waals surface area contributed by atoms with Crippen LogP contribution in [0.4, 0.5) is 0 Å². The summed E-state index contributed by atoms with van der Waals surface area (Å²) in [5.41, 5.74) is 4.87. The minimum atomic E-state index is 0.695. The van der Waals surface area contributed by atoms with Crippen LogP contribution in [-0.2, 0) is 0 Å². The van der Waals surface area contributed by atoms with Gasteiger partial charge in [0.1, 0.15) is 5.01 Å². The normalized spacial score (nSPS) is 10.6. The Morgan fingerprint density at radius 3 is 2.64 bits per heavy atom. The molecular weight excluding hydrogens is 288 g/mol. The van der Waals surface area contributed by atoms with E-state index in [1.807, 2.05) is 26.8 Å². The lowest BCUT2D eigenvalue weighted by Crippen LogP contribution is -1.85. The van der Waals surface area contributed by atoms with E-state index in [4.69, 9.17) is 0 Å². The third-order valence-corrected chi connectivity index (χ3v) is 5.03. The van der Waals surface area contributed by atoms with Crippen LogP contribution in [0.1, 0.15) is 28.6 Å². The lowest BCUT2D eigenvalue weighted by molar-refractivity contribution is 1.25. The Kier molecular flexibility index (Phi) is 3.56. The van der Waals surface area contributed by atoms with Crippen LogP contribution in [0.5, 0.6) is 0 Å². The zero-order chi connectivity index (χ0) is 15.9. The molecule has 22 heavy (non-hydrogen) atoms. The Morgan fingerprint density at radius 1 is 1.23 bits per heavy atom. The van der Waals surface area contributed by atoms with Gasteiger partial charge in [-0.3, -0.25) is 0 Å². The van der Waals surface area contributed by atoms with E-state index in [-0.39, 0.29) is 0 Å². The molecule has 1 heterocycles. The summed E-state index contributed by atoms with van der Waals surface area (Å²) >= 11 is 1.63. The van der Waals surface area contributed by atoms with Crippen LogP contribution in [0.3, 0.4) is 0 Å². The van der Waals surface area contributed by atoms with Gasteiger partial charge in [0.05, 0.1) is 22.2 Å². The molecule has 0 unspecified atom stereocenters. The van der Waals surface area contributed by atoms with E-state index >= 15 is 0 Å². The van der Waals surface area contributed by atoms with E-state index in [0.717, 1.165) is 43.1 Å². The monoisotopic (exact) mass is 304 g/mol. The summed E-state index contributed by atoms with van der Waals surface area (Å²) in [7, 11) is 0. The molecule has 1 aromatic heterocycles. The summed E-state index contributed by atoms with van der Waals surface area (Å²) in [6.07, 6.45) is 0. The summed E-state index contributed by atoms with van der Waals surface area (Å²) in [5.74, 6) is 0. The highest BCUT2D eigenvalue weighted by atomic mass is 32.1. The first-order valence-corrected chi connectivity index (χ1v) is 7.89. The molecule has 0 aliphatic carbocycles. The van der Waals surface area contributed by atoms with Crippen LogP contribution < -0.4 is 0 Å². The van der Waals surface area contributed by atoms with Crippen molar-refractivity contribution in [3.05, 3.63) is 58.6 Å². The quantitative estimate of drug-likeness (QED) is 0.628. The van der Waals surface area contributed by atoms with Gasteiger partial charge in [-0.1, -0.05) is 30.3 Å². The van der Waals surface area contributed by atoms with Crippen LogP contribution in [0.15, 0.2) is 36.9 Å². The van der Waals surface area contributed by atoms with Crippen molar-refractivity contribution in [2.24, 2.45) is 0 Å². The molecule has 3 heteroatoms. The van der Waals surface area contributed by atoms with E-state index in [1.54, 1.807) is 11.3 Å². The van der Waals surface area contributed by atoms with Gasteiger partial charge in [0, 0.05) is 5.56 Å². The second-order valence-electron chi connectivity index (χ2n) is 5.57. The second-order valence-corrected chi connectivity index (χ2v) is 6.57. The molecule has 0 atom stereocenters. The summed E-state index contributed by atoms with van der Waals surface area (Å²) < 4.78 is 0. The van der Waals surface area contributed by atoms with Crippen molar-refractivity contribution < 1.29 is 0 Å². The highest BCUT2D eigenvalue weighted by Gasteiger charge is 2.12. The molecule has 3 aromatic rings. The highest BCUT2D eigenvalue weighted by molar-refractivity contribution is 7.16. The lowest BCUT2D eigenvalue weighted by Gasteiger charge is -2.05. The zero-order valence-electron chi connectivity index (χ0n) is 12.9. The number of hydrogen-bond acceptors (Lipinski definition) is 3. The van der Waals surface area contributed by atoms with Crippen LogP contribution in [-0.4, -0.2) is 4.98 Å². The van der Waals surface area contributed by atoms with Crippen LogP contribution >= 0.6 is 11.3 Å². The van der Waals surface area contributed by atoms with Gasteiger partial charge in [0.2, 0.25) is 0 Å². The van der Waals surface area contributed by atoms with Gasteiger partial charge in [-0.05, 0) is 49.2 Å². The topological polar surface area (TPSA) is 36.7 Å². The Balaban J connectivity index is 2.24. The number of hydrogen-bond donors (Lipinski definition) is 0. The summed E-state index contributed by atoms with van der Waals surface area (Å²) in [4.78, 5) is 5.77. The fourth-order valence-corrected chi connectivity index (χ4v) is 3.58. The Morgan fingerprint density at radius 2 is 2.00 bits per heavy atom. The van der Waals surface area contributed by atoms with Gasteiger partial charge in [-0.25, -0.2) is 4.98 Å². The van der Waals surface area contributed by atoms with Gasteiger partial charge in [-0.2, -0.15) is 5.26 Å². The average Bonchev–Trinajstić information content (AvgIpc) is 2.88. The molecule has 3 rings (SSSR count). The standard InChI is InChI=1S/C19H16N2S/c1-11(2)18-13(4)21-19(22-18)15-8-14-6-5-12(3)7-17(14)16(9-15)10-20/h5-9H,1H2,2-4H3. The van der Waals surface area contributed by atoms with Gasteiger partial charge in [0.25, 0.3) is 0 Å². The van der Waals surface area contributed by atoms with Crippen LogP contribution in [0, 0.1) is 25.2 Å². The molecule has 108 valence electrons. The molecule has 0 bridgehead atoms. The molecule has 2 nitrogen and oxygen atoms in total. The maximum absolute atomic E-state index is 9.46. The van der Waals surface area contributed by atoms with Crippen molar-refractivity contribution in [2.45, 2.75) is 20.8 Å². The minimum absolute atomic E-state index is 0.695. The second kappa shape index (κ2) is 5.40. The molecule has 0 radical (unpaired) electrons. The van der Waals surface area contributed by atoms with Gasteiger partial charge >= 0.3 is 0 Å². The van der Waals surface area contributed by atoms with Crippen molar-refractivity contribution in [3.8, 4) is 16.6 Å². The van der Waals surface area contributed by atoms with E-state index in [0.29, 0.717) is 5.56 Å². The number of allylic oxidation sites excluding steroid dienone is 1. The summed E-state index contributed by atoms with van der Waals surface area (Å²) in [6.45, 7) is 10.0. The van der Waals surface area contributed by atoms with Crippen molar-refractivity contribution in [1.29, 1.82) is 5.26 Å². The number of aromatic nitrogens is 1. The van der Waals surface area contributed by atoms with E-state index < -0.39 is 0 Å². The number of rotatable bonds is 2. The fourth-order valence-electron chi connectivity index (χ4n) is 2.60. The number of fused-ring (bicyclic) bond motifs is 1. The smallest absolute Gasteiger partial charge is 0.124 e. The lowest BCUT2D eigenvalue weighted by atomic mass is 10.00. The average molecular weight is 304 g/mol. The zero-order valence-corrected chi connectivity index (χ0v) is 13.7. The summed E-state index contributed by atoms with van der Waals surface area (Å²) in [5, 5.41) is 12.5. The molecule has 2 aromatic carbocycles. The van der Waals surface area contributed by atoms with Gasteiger partial charge < -0.3 is 0 Å². The molecule has 0 amide bonds. The fraction of sp³-hybridized carbons (Fsp3) is 0.158. The van der Waals surface area contributed by atoms with Crippen molar-refractivity contribution in [1.82, 2.24) is 4.98 Å². The molecule has 0 saturated carbocycles. The summed E-state index contributed by atoms with van der Waals surface area (Å²) in [6, 6.07) is 12.5. The molecule has 0 saturated heterocycles. The van der Waals surface area contributed by atoms with E-state index in [2.05, 4.69) is 41.9 Å². The first-order chi connectivity index (χ1) is 10.5. The number of nitriles is 1. The Hall–Kier alpha value is -2.44. The van der Waals surface area contributed by atoms with Crippen molar-refractivity contribution >= 4 is 27.7 Å². The van der Waals surface area contributed by atoms with Gasteiger partial charge in [-0.15, -0.1) is 11.3 Å². The molecule has 0 aliphatic rings. The number of thiazole rings is 1. The Bertz CT molecular complexity index is 942. The molecule has 0 fully saturated rings. The minimum Gasteiger partial charge on any atom is -0.241 e. The van der Waals surface area contributed by atoms with Crippen LogP contribution in [0.25, 0.3) is 26.9 Å². The third-order valence-electron chi connectivity index (χ3n) is 3.66. The van der Waals surface area contributed by atoms with E-state index in [1.165, 1.54) is 0 Å². The number of aryl methyl sites for hydroxylation is 2. The third kappa shape index (κ3) is 2.43. The van der Waals surface area contributed by atoms with Crippen LogP contribution in [0.2, 0.25) is 0 Å². The molecule has 0 spiro atoms.